The first-order valence-corrected chi connectivity index (χ1v) is 8.32. The summed E-state index contributed by atoms with van der Waals surface area (Å²) in [6, 6.07) is 9.62. The van der Waals surface area contributed by atoms with Crippen LogP contribution in [0.25, 0.3) is 5.69 Å². The van der Waals surface area contributed by atoms with Gasteiger partial charge in [-0.15, -0.1) is 0 Å². The van der Waals surface area contributed by atoms with E-state index in [1.165, 1.54) is 0 Å². The summed E-state index contributed by atoms with van der Waals surface area (Å²) in [6.07, 6.45) is 3.15. The highest BCUT2D eigenvalue weighted by molar-refractivity contribution is 7.71. The molecule has 1 fully saturated rings. The molecule has 0 radical (unpaired) electrons. The molecule has 5 nitrogen and oxygen atoms in total. The van der Waals surface area contributed by atoms with Gasteiger partial charge in [0.15, 0.2) is 4.77 Å². The second-order valence-electron chi connectivity index (χ2n) is 6.04. The lowest BCUT2D eigenvalue weighted by atomic mass is 9.93. The van der Waals surface area contributed by atoms with Crippen LogP contribution in [0.15, 0.2) is 36.5 Å². The van der Waals surface area contributed by atoms with Gasteiger partial charge in [-0.1, -0.05) is 18.2 Å². The molecule has 2 aromatic rings. The molecule has 2 unspecified atom stereocenters. The van der Waals surface area contributed by atoms with Gasteiger partial charge in [0.05, 0.1) is 6.10 Å². The minimum Gasteiger partial charge on any atom is -0.393 e. The second-order valence-corrected chi connectivity index (χ2v) is 6.43. The number of nitrogens with zero attached hydrogens (tertiary/aromatic N) is 2. The molecule has 0 bridgehead atoms. The Kier molecular flexibility index (Phi) is 4.63. The molecule has 1 aromatic carbocycles. The van der Waals surface area contributed by atoms with Crippen LogP contribution < -0.4 is 0 Å². The number of aromatic nitrogens is 2. The van der Waals surface area contributed by atoms with Gasteiger partial charge in [-0.2, -0.15) is 0 Å². The number of carbonyl (C=O) groups excluding carboxylic acids is 1. The summed E-state index contributed by atoms with van der Waals surface area (Å²) in [5.74, 6) is 0.0892. The predicted octanol–water partition coefficient (Wildman–Crippen LogP) is 2.77. The van der Waals surface area contributed by atoms with E-state index in [9.17, 15) is 9.90 Å². The third kappa shape index (κ3) is 3.23. The Labute approximate surface area is 140 Å². The first-order valence-electron chi connectivity index (χ1n) is 7.91. The van der Waals surface area contributed by atoms with Crippen molar-refractivity contribution in [1.82, 2.24) is 14.5 Å². The number of aliphatic hydroxyl groups is 1. The van der Waals surface area contributed by atoms with Gasteiger partial charge >= 0.3 is 0 Å². The van der Waals surface area contributed by atoms with E-state index in [4.69, 9.17) is 12.2 Å². The summed E-state index contributed by atoms with van der Waals surface area (Å²) in [6.45, 7) is 3.10. The Balaban J connectivity index is 1.91. The van der Waals surface area contributed by atoms with Crippen LogP contribution in [0.5, 0.6) is 0 Å². The predicted molar refractivity (Wildman–Crippen MR) is 91.3 cm³/mol. The third-order valence-electron chi connectivity index (χ3n) is 4.44. The fraction of sp³-hybridized carbons (Fsp3) is 0.412. The number of imidazole rings is 1. The fourth-order valence-electron chi connectivity index (χ4n) is 3.11. The number of para-hydroxylation sites is 1. The number of hydrogen-bond donors (Lipinski definition) is 2. The largest absolute Gasteiger partial charge is 0.393 e. The van der Waals surface area contributed by atoms with Crippen LogP contribution in [-0.4, -0.2) is 44.7 Å². The van der Waals surface area contributed by atoms with Crippen molar-refractivity contribution in [3.8, 4) is 5.69 Å². The molecule has 2 N–H and O–H groups in total. The minimum atomic E-state index is -0.396. The Morgan fingerprint density at radius 1 is 1.39 bits per heavy atom. The average Bonchev–Trinajstić information content (AvgIpc) is 2.96. The van der Waals surface area contributed by atoms with Crippen molar-refractivity contribution in [3.63, 3.8) is 0 Å². The molecule has 1 amide bonds. The van der Waals surface area contributed by atoms with Crippen LogP contribution in [0.3, 0.4) is 0 Å². The first-order chi connectivity index (χ1) is 11.1. The van der Waals surface area contributed by atoms with E-state index in [0.717, 1.165) is 25.1 Å². The molecule has 0 saturated carbocycles. The van der Waals surface area contributed by atoms with Crippen molar-refractivity contribution in [2.45, 2.75) is 25.9 Å². The van der Waals surface area contributed by atoms with Gasteiger partial charge < -0.3 is 15.0 Å². The molecular formula is C17H21N3O2S. The smallest absolute Gasteiger partial charge is 0.272 e. The van der Waals surface area contributed by atoms with E-state index in [1.807, 2.05) is 35.2 Å². The second kappa shape index (κ2) is 6.68. The van der Waals surface area contributed by atoms with Crippen molar-refractivity contribution in [1.29, 1.82) is 0 Å². The van der Waals surface area contributed by atoms with Crippen molar-refractivity contribution in [2.24, 2.45) is 5.92 Å². The normalized spacial score (nSPS) is 19.6. The highest BCUT2D eigenvalue weighted by atomic mass is 32.1. The number of piperidine rings is 1. The SMILES string of the molecule is CC(O)C1CCCN(C(=O)c2c[nH]c(=S)n2-c2ccccc2)C1. The highest BCUT2D eigenvalue weighted by Crippen LogP contribution is 2.22. The number of aliphatic hydroxyl groups excluding tert-OH is 1. The molecule has 2 heterocycles. The Hall–Kier alpha value is -1.92. The summed E-state index contributed by atoms with van der Waals surface area (Å²) in [5.41, 5.74) is 1.40. The van der Waals surface area contributed by atoms with E-state index in [1.54, 1.807) is 17.7 Å². The van der Waals surface area contributed by atoms with E-state index in [-0.39, 0.29) is 11.8 Å². The summed E-state index contributed by atoms with van der Waals surface area (Å²) in [5, 5.41) is 9.82. The molecule has 3 rings (SSSR count). The zero-order valence-corrected chi connectivity index (χ0v) is 13.9. The zero-order chi connectivity index (χ0) is 16.4. The summed E-state index contributed by atoms with van der Waals surface area (Å²) in [4.78, 5) is 17.7. The van der Waals surface area contributed by atoms with Crippen LogP contribution in [0.2, 0.25) is 0 Å². The third-order valence-corrected chi connectivity index (χ3v) is 4.74. The van der Waals surface area contributed by atoms with Crippen molar-refractivity contribution in [2.75, 3.05) is 13.1 Å². The van der Waals surface area contributed by atoms with Crippen molar-refractivity contribution >= 4 is 18.1 Å². The van der Waals surface area contributed by atoms with E-state index in [0.29, 0.717) is 17.0 Å². The lowest BCUT2D eigenvalue weighted by Gasteiger charge is -2.34. The molecule has 1 aliphatic rings. The Morgan fingerprint density at radius 2 is 2.13 bits per heavy atom. The minimum absolute atomic E-state index is 0.0495. The summed E-state index contributed by atoms with van der Waals surface area (Å²) < 4.78 is 2.27. The van der Waals surface area contributed by atoms with Crippen LogP contribution in [0, 0.1) is 10.7 Å². The van der Waals surface area contributed by atoms with Crippen LogP contribution >= 0.6 is 12.2 Å². The van der Waals surface area contributed by atoms with Crippen LogP contribution in [0.1, 0.15) is 30.3 Å². The first kappa shape index (κ1) is 16.0. The number of aromatic amines is 1. The molecule has 6 heteroatoms. The van der Waals surface area contributed by atoms with Crippen molar-refractivity contribution < 1.29 is 9.90 Å². The quantitative estimate of drug-likeness (QED) is 0.850. The molecular weight excluding hydrogens is 310 g/mol. The topological polar surface area (TPSA) is 61.3 Å². The Morgan fingerprint density at radius 3 is 2.83 bits per heavy atom. The molecule has 1 aromatic heterocycles. The summed E-state index contributed by atoms with van der Waals surface area (Å²) >= 11 is 5.34. The van der Waals surface area contributed by atoms with E-state index < -0.39 is 6.10 Å². The maximum Gasteiger partial charge on any atom is 0.272 e. The maximum atomic E-state index is 12.9. The number of hydrogen-bond acceptors (Lipinski definition) is 3. The highest BCUT2D eigenvalue weighted by Gasteiger charge is 2.28. The lowest BCUT2D eigenvalue weighted by Crippen LogP contribution is -2.43. The summed E-state index contributed by atoms with van der Waals surface area (Å²) in [7, 11) is 0. The molecule has 0 spiro atoms. The number of nitrogens with one attached hydrogen (secondary N) is 1. The molecule has 23 heavy (non-hydrogen) atoms. The van der Waals surface area contributed by atoms with Gasteiger partial charge in [0.2, 0.25) is 0 Å². The van der Waals surface area contributed by atoms with Gasteiger partial charge in [0.1, 0.15) is 5.69 Å². The van der Waals surface area contributed by atoms with E-state index >= 15 is 0 Å². The standard InChI is InChI=1S/C17H21N3O2S/c1-12(21)13-6-5-9-19(11-13)16(22)15-10-18-17(23)20(15)14-7-3-2-4-8-14/h2-4,7-8,10,12-13,21H,5-6,9,11H2,1H3,(H,18,23). The molecule has 2 atom stereocenters. The number of benzene rings is 1. The van der Waals surface area contributed by atoms with Crippen LogP contribution in [0.4, 0.5) is 0 Å². The number of amides is 1. The number of H-pyrrole nitrogens is 1. The zero-order valence-electron chi connectivity index (χ0n) is 13.1. The molecule has 1 aliphatic heterocycles. The Bertz CT molecular complexity index is 736. The van der Waals surface area contributed by atoms with Crippen LogP contribution in [-0.2, 0) is 0 Å². The monoisotopic (exact) mass is 331 g/mol. The molecule has 122 valence electrons. The van der Waals surface area contributed by atoms with Gasteiger partial charge in [-0.25, -0.2) is 0 Å². The fourth-order valence-corrected chi connectivity index (χ4v) is 3.37. The number of rotatable bonds is 3. The van der Waals surface area contributed by atoms with Gasteiger partial charge in [-0.05, 0) is 44.1 Å². The number of likely N-dealkylation sites (tertiary alicyclic amines) is 1. The molecule has 0 aliphatic carbocycles. The molecule has 1 saturated heterocycles. The van der Waals surface area contributed by atoms with Gasteiger partial charge in [0, 0.05) is 30.9 Å². The lowest BCUT2D eigenvalue weighted by molar-refractivity contribution is 0.0460. The van der Waals surface area contributed by atoms with Gasteiger partial charge in [0.25, 0.3) is 5.91 Å². The number of carbonyl (C=O) groups is 1. The van der Waals surface area contributed by atoms with Crippen molar-refractivity contribution in [3.05, 3.63) is 47.0 Å². The average molecular weight is 331 g/mol. The van der Waals surface area contributed by atoms with E-state index in [2.05, 4.69) is 4.98 Å². The van der Waals surface area contributed by atoms with Gasteiger partial charge in [-0.3, -0.25) is 9.36 Å². The maximum absolute atomic E-state index is 12.9.